The molecule has 0 saturated heterocycles. The Kier molecular flexibility index (Phi) is 3.28. The lowest BCUT2D eigenvalue weighted by atomic mass is 10.0. The van der Waals surface area contributed by atoms with Gasteiger partial charge in [-0.05, 0) is 12.1 Å². The fourth-order valence-corrected chi connectivity index (χ4v) is 2.90. The van der Waals surface area contributed by atoms with Crippen LogP contribution >= 0.6 is 0 Å². The number of benzene rings is 1. The van der Waals surface area contributed by atoms with E-state index in [0.717, 1.165) is 11.1 Å². The Labute approximate surface area is 121 Å². The van der Waals surface area contributed by atoms with Gasteiger partial charge in [0.25, 0.3) is 0 Å². The normalized spacial score (nSPS) is 11.5. The van der Waals surface area contributed by atoms with E-state index in [0.29, 0.717) is 11.3 Å². The number of H-pyrrole nitrogens is 1. The highest BCUT2D eigenvalue weighted by Crippen LogP contribution is 2.32. The molecule has 0 atom stereocenters. The minimum Gasteiger partial charge on any atom is -0.277 e. The van der Waals surface area contributed by atoms with Crippen LogP contribution in [0.2, 0.25) is 0 Å². The highest BCUT2D eigenvalue weighted by molar-refractivity contribution is 7.89. The third-order valence-corrected chi connectivity index (χ3v) is 4.04. The summed E-state index contributed by atoms with van der Waals surface area (Å²) in [6.07, 6.45) is 4.99. The number of aromatic amines is 1. The standard InChI is InChI=1S/C14H12N4O2S/c15-21(19,20)13-6-2-1-5-11(13)14-12(9-17-18-14)10-4-3-7-16-8-10/h1-9H,(H,17,18)(H2,15,19,20). The Morgan fingerprint density at radius 3 is 2.52 bits per heavy atom. The van der Waals surface area contributed by atoms with Crippen molar-refractivity contribution in [1.29, 1.82) is 0 Å². The summed E-state index contributed by atoms with van der Waals surface area (Å²) >= 11 is 0. The zero-order chi connectivity index (χ0) is 14.9. The van der Waals surface area contributed by atoms with Gasteiger partial charge >= 0.3 is 0 Å². The summed E-state index contributed by atoms with van der Waals surface area (Å²) in [4.78, 5) is 4.12. The molecule has 0 spiro atoms. The number of hydrogen-bond acceptors (Lipinski definition) is 4. The SMILES string of the molecule is NS(=O)(=O)c1ccccc1-c1[nH]ncc1-c1cccnc1. The van der Waals surface area contributed by atoms with Crippen LogP contribution in [-0.2, 0) is 10.0 Å². The highest BCUT2D eigenvalue weighted by Gasteiger charge is 2.18. The number of rotatable bonds is 3. The first kappa shape index (κ1) is 13.5. The number of primary sulfonamides is 1. The molecule has 0 radical (unpaired) electrons. The van der Waals surface area contributed by atoms with E-state index in [1.165, 1.54) is 6.07 Å². The molecule has 0 saturated carbocycles. The van der Waals surface area contributed by atoms with Crippen molar-refractivity contribution in [2.24, 2.45) is 5.14 Å². The Morgan fingerprint density at radius 1 is 1.00 bits per heavy atom. The average molecular weight is 300 g/mol. The van der Waals surface area contributed by atoms with Crippen LogP contribution in [0.3, 0.4) is 0 Å². The van der Waals surface area contributed by atoms with Crippen LogP contribution in [0, 0.1) is 0 Å². The van der Waals surface area contributed by atoms with E-state index >= 15 is 0 Å². The summed E-state index contributed by atoms with van der Waals surface area (Å²) in [5, 5.41) is 12.1. The summed E-state index contributed by atoms with van der Waals surface area (Å²) in [6, 6.07) is 10.2. The highest BCUT2D eigenvalue weighted by atomic mass is 32.2. The number of aromatic nitrogens is 3. The van der Waals surface area contributed by atoms with Crippen molar-refractivity contribution in [3.8, 4) is 22.4 Å². The van der Waals surface area contributed by atoms with Crippen molar-refractivity contribution in [3.05, 3.63) is 55.0 Å². The monoisotopic (exact) mass is 300 g/mol. The van der Waals surface area contributed by atoms with Crippen LogP contribution in [0.1, 0.15) is 0 Å². The zero-order valence-corrected chi connectivity index (χ0v) is 11.7. The van der Waals surface area contributed by atoms with E-state index in [1.807, 2.05) is 6.07 Å². The van der Waals surface area contributed by atoms with Crippen molar-refractivity contribution in [1.82, 2.24) is 15.2 Å². The maximum atomic E-state index is 11.7. The summed E-state index contributed by atoms with van der Waals surface area (Å²) in [6.45, 7) is 0. The van der Waals surface area contributed by atoms with Gasteiger partial charge in [0.1, 0.15) is 0 Å². The molecule has 0 fully saturated rings. The predicted molar refractivity (Wildman–Crippen MR) is 78.6 cm³/mol. The molecule has 2 aromatic heterocycles. The summed E-state index contributed by atoms with van der Waals surface area (Å²) in [7, 11) is -3.82. The maximum absolute atomic E-state index is 11.7. The van der Waals surface area contributed by atoms with Crippen molar-refractivity contribution >= 4 is 10.0 Å². The second-order valence-electron chi connectivity index (χ2n) is 4.44. The maximum Gasteiger partial charge on any atom is 0.238 e. The lowest BCUT2D eigenvalue weighted by Crippen LogP contribution is -2.13. The number of sulfonamides is 1. The molecule has 3 aromatic rings. The van der Waals surface area contributed by atoms with E-state index < -0.39 is 10.0 Å². The number of nitrogens with two attached hydrogens (primary N) is 1. The van der Waals surface area contributed by atoms with Crippen LogP contribution in [0.4, 0.5) is 0 Å². The number of hydrogen-bond donors (Lipinski definition) is 2. The lowest BCUT2D eigenvalue weighted by molar-refractivity contribution is 0.598. The van der Waals surface area contributed by atoms with Crippen LogP contribution < -0.4 is 5.14 Å². The van der Waals surface area contributed by atoms with Gasteiger partial charge in [-0.2, -0.15) is 5.10 Å². The van der Waals surface area contributed by atoms with E-state index in [1.54, 1.807) is 42.9 Å². The van der Waals surface area contributed by atoms with Crippen molar-refractivity contribution in [3.63, 3.8) is 0 Å². The second kappa shape index (κ2) is 5.12. The number of pyridine rings is 1. The van der Waals surface area contributed by atoms with Crippen LogP contribution in [-0.4, -0.2) is 23.6 Å². The molecule has 2 heterocycles. The molecule has 6 nitrogen and oxygen atoms in total. The molecule has 0 unspecified atom stereocenters. The van der Waals surface area contributed by atoms with Gasteiger partial charge < -0.3 is 0 Å². The fourth-order valence-electron chi connectivity index (χ4n) is 2.15. The third-order valence-electron chi connectivity index (χ3n) is 3.07. The van der Waals surface area contributed by atoms with E-state index in [4.69, 9.17) is 5.14 Å². The average Bonchev–Trinajstić information content (AvgIpc) is 2.96. The van der Waals surface area contributed by atoms with Crippen LogP contribution in [0.25, 0.3) is 22.4 Å². The van der Waals surface area contributed by atoms with Crippen LogP contribution in [0.5, 0.6) is 0 Å². The molecule has 0 bridgehead atoms. The van der Waals surface area contributed by atoms with E-state index in [2.05, 4.69) is 15.2 Å². The Balaban J connectivity index is 2.23. The molecule has 0 aliphatic carbocycles. The van der Waals surface area contributed by atoms with E-state index in [9.17, 15) is 8.42 Å². The van der Waals surface area contributed by atoms with Gasteiger partial charge in [-0.15, -0.1) is 0 Å². The quantitative estimate of drug-likeness (QED) is 0.769. The largest absolute Gasteiger partial charge is 0.277 e. The minimum atomic E-state index is -3.82. The Bertz CT molecular complexity index is 873. The summed E-state index contributed by atoms with van der Waals surface area (Å²) in [5.74, 6) is 0. The molecular formula is C14H12N4O2S. The molecule has 106 valence electrons. The first-order valence-electron chi connectivity index (χ1n) is 6.13. The number of nitrogens with one attached hydrogen (secondary N) is 1. The molecule has 3 rings (SSSR count). The Morgan fingerprint density at radius 2 is 1.81 bits per heavy atom. The van der Waals surface area contributed by atoms with Crippen LogP contribution in [0.15, 0.2) is 59.9 Å². The third kappa shape index (κ3) is 2.56. The van der Waals surface area contributed by atoms with Gasteiger partial charge in [-0.25, -0.2) is 13.6 Å². The molecule has 0 amide bonds. The van der Waals surface area contributed by atoms with E-state index in [-0.39, 0.29) is 4.90 Å². The Hall–Kier alpha value is -2.51. The minimum absolute atomic E-state index is 0.0550. The van der Waals surface area contributed by atoms with Crippen molar-refractivity contribution in [2.45, 2.75) is 4.90 Å². The molecule has 0 aliphatic heterocycles. The van der Waals surface area contributed by atoms with Gasteiger partial charge in [0.05, 0.1) is 16.8 Å². The van der Waals surface area contributed by atoms with Gasteiger partial charge in [0.15, 0.2) is 0 Å². The summed E-state index contributed by atoms with van der Waals surface area (Å²) in [5.41, 5.74) is 2.67. The van der Waals surface area contributed by atoms with Gasteiger partial charge in [0, 0.05) is 29.1 Å². The second-order valence-corrected chi connectivity index (χ2v) is 5.97. The first-order valence-corrected chi connectivity index (χ1v) is 7.68. The van der Waals surface area contributed by atoms with Gasteiger partial charge in [-0.3, -0.25) is 10.1 Å². The molecule has 0 aliphatic rings. The fraction of sp³-hybridized carbons (Fsp3) is 0. The summed E-state index contributed by atoms with van der Waals surface area (Å²) < 4.78 is 23.5. The molecule has 7 heteroatoms. The van der Waals surface area contributed by atoms with Gasteiger partial charge in [0.2, 0.25) is 10.0 Å². The zero-order valence-electron chi connectivity index (χ0n) is 10.9. The van der Waals surface area contributed by atoms with Crippen molar-refractivity contribution < 1.29 is 8.42 Å². The molecule has 1 aromatic carbocycles. The number of nitrogens with zero attached hydrogens (tertiary/aromatic N) is 2. The molecule has 21 heavy (non-hydrogen) atoms. The lowest BCUT2D eigenvalue weighted by Gasteiger charge is -2.08. The molecular weight excluding hydrogens is 288 g/mol. The topological polar surface area (TPSA) is 102 Å². The van der Waals surface area contributed by atoms with Crippen molar-refractivity contribution in [2.75, 3.05) is 0 Å². The molecule has 3 N–H and O–H groups in total. The smallest absolute Gasteiger partial charge is 0.238 e. The predicted octanol–water partition coefficient (Wildman–Crippen LogP) is 1.79. The first-order chi connectivity index (χ1) is 10.1. The van der Waals surface area contributed by atoms with Gasteiger partial charge in [-0.1, -0.05) is 24.3 Å².